The van der Waals surface area contributed by atoms with Gasteiger partial charge in [0.25, 0.3) is 5.91 Å². The van der Waals surface area contributed by atoms with Crippen LogP contribution in [0, 0.1) is 12.7 Å². The summed E-state index contributed by atoms with van der Waals surface area (Å²) in [6, 6.07) is 12.4. The van der Waals surface area contributed by atoms with Crippen LogP contribution in [0.4, 0.5) is 9.52 Å². The zero-order valence-corrected chi connectivity index (χ0v) is 15.3. The van der Waals surface area contributed by atoms with Gasteiger partial charge in [-0.2, -0.15) is 0 Å². The second kappa shape index (κ2) is 7.03. The van der Waals surface area contributed by atoms with Gasteiger partial charge in [0.15, 0.2) is 5.13 Å². The molecule has 1 fully saturated rings. The molecule has 134 valence electrons. The third kappa shape index (κ3) is 3.55. The number of thiazole rings is 1. The van der Waals surface area contributed by atoms with Crippen molar-refractivity contribution in [2.75, 3.05) is 5.32 Å². The quantitative estimate of drug-likeness (QED) is 0.712. The standard InChI is InChI=1S/C20H20FN3OS/c1-12-4-2-5-13(10-12)19(25)22-15-6-3-7-16(15)23-20-24-17-9-8-14(21)11-18(17)26-20/h2,4-5,8-11,15-16H,3,6-7H2,1H3,(H,22,25)(H,23,24)/t15-,16-/m0/s1. The first-order valence-corrected chi connectivity index (χ1v) is 9.60. The van der Waals surface area contributed by atoms with Gasteiger partial charge in [-0.15, -0.1) is 0 Å². The van der Waals surface area contributed by atoms with E-state index >= 15 is 0 Å². The molecule has 4 nitrogen and oxygen atoms in total. The van der Waals surface area contributed by atoms with Crippen LogP contribution in [0.2, 0.25) is 0 Å². The van der Waals surface area contributed by atoms with Crippen LogP contribution < -0.4 is 10.6 Å². The number of benzene rings is 2. The first-order valence-electron chi connectivity index (χ1n) is 8.79. The van der Waals surface area contributed by atoms with E-state index in [-0.39, 0.29) is 23.8 Å². The minimum atomic E-state index is -0.253. The Hall–Kier alpha value is -2.47. The second-order valence-electron chi connectivity index (χ2n) is 6.76. The van der Waals surface area contributed by atoms with Gasteiger partial charge in [-0.3, -0.25) is 4.79 Å². The highest BCUT2D eigenvalue weighted by Gasteiger charge is 2.29. The number of carbonyl (C=O) groups excluding carboxylic acids is 1. The molecule has 1 aliphatic carbocycles. The van der Waals surface area contributed by atoms with Gasteiger partial charge >= 0.3 is 0 Å². The monoisotopic (exact) mass is 369 g/mol. The van der Waals surface area contributed by atoms with E-state index in [2.05, 4.69) is 15.6 Å². The van der Waals surface area contributed by atoms with Crippen molar-refractivity contribution in [1.29, 1.82) is 0 Å². The van der Waals surface area contributed by atoms with E-state index in [1.54, 1.807) is 6.07 Å². The number of nitrogens with one attached hydrogen (secondary N) is 2. The number of amides is 1. The van der Waals surface area contributed by atoms with Crippen molar-refractivity contribution < 1.29 is 9.18 Å². The Morgan fingerprint density at radius 2 is 2.04 bits per heavy atom. The van der Waals surface area contributed by atoms with E-state index in [4.69, 9.17) is 0 Å². The summed E-state index contributed by atoms with van der Waals surface area (Å²) in [6.07, 6.45) is 2.97. The lowest BCUT2D eigenvalue weighted by Gasteiger charge is -2.22. The predicted octanol–water partition coefficient (Wildman–Crippen LogP) is 4.51. The maximum atomic E-state index is 13.4. The Kier molecular flexibility index (Phi) is 4.59. The molecular formula is C20H20FN3OS. The summed E-state index contributed by atoms with van der Waals surface area (Å²) in [5, 5.41) is 7.36. The van der Waals surface area contributed by atoms with Crippen molar-refractivity contribution in [1.82, 2.24) is 10.3 Å². The maximum Gasteiger partial charge on any atom is 0.251 e. The average Bonchev–Trinajstić information content (AvgIpc) is 3.21. The zero-order chi connectivity index (χ0) is 18.1. The number of nitrogens with zero attached hydrogens (tertiary/aromatic N) is 1. The van der Waals surface area contributed by atoms with Gasteiger partial charge in [0.1, 0.15) is 5.82 Å². The van der Waals surface area contributed by atoms with E-state index in [1.807, 2.05) is 31.2 Å². The number of fused-ring (bicyclic) bond motifs is 1. The molecule has 0 saturated heterocycles. The molecule has 0 unspecified atom stereocenters. The van der Waals surface area contributed by atoms with Gasteiger partial charge in [0.2, 0.25) is 0 Å². The van der Waals surface area contributed by atoms with E-state index in [0.717, 1.165) is 40.2 Å². The van der Waals surface area contributed by atoms with Crippen LogP contribution in [0.1, 0.15) is 35.2 Å². The lowest BCUT2D eigenvalue weighted by Crippen LogP contribution is -2.43. The van der Waals surface area contributed by atoms with Crippen molar-refractivity contribution in [3.63, 3.8) is 0 Å². The molecule has 0 spiro atoms. The molecule has 4 rings (SSSR count). The summed E-state index contributed by atoms with van der Waals surface area (Å²) < 4.78 is 14.2. The number of carbonyl (C=O) groups is 1. The van der Waals surface area contributed by atoms with Crippen molar-refractivity contribution >= 4 is 32.6 Å². The number of halogens is 1. The predicted molar refractivity (Wildman–Crippen MR) is 103 cm³/mol. The third-order valence-electron chi connectivity index (χ3n) is 4.77. The molecule has 2 aromatic carbocycles. The van der Waals surface area contributed by atoms with Crippen molar-refractivity contribution in [2.45, 2.75) is 38.3 Å². The Morgan fingerprint density at radius 3 is 2.88 bits per heavy atom. The smallest absolute Gasteiger partial charge is 0.251 e. The molecule has 0 bridgehead atoms. The number of hydrogen-bond donors (Lipinski definition) is 2. The molecule has 1 amide bonds. The molecule has 6 heteroatoms. The number of aromatic nitrogens is 1. The largest absolute Gasteiger partial charge is 0.357 e. The lowest BCUT2D eigenvalue weighted by molar-refractivity contribution is 0.0936. The molecule has 3 aromatic rings. The van der Waals surface area contributed by atoms with Crippen LogP contribution in [-0.4, -0.2) is 23.0 Å². The molecule has 26 heavy (non-hydrogen) atoms. The molecule has 1 aliphatic rings. The van der Waals surface area contributed by atoms with E-state index < -0.39 is 0 Å². The number of rotatable bonds is 4. The Morgan fingerprint density at radius 1 is 1.19 bits per heavy atom. The Labute approximate surface area is 155 Å². The minimum absolute atomic E-state index is 0.0428. The number of anilines is 1. The van der Waals surface area contributed by atoms with Gasteiger partial charge in [0.05, 0.1) is 10.2 Å². The maximum absolute atomic E-state index is 13.4. The summed E-state index contributed by atoms with van der Waals surface area (Å²) >= 11 is 1.44. The first-order chi connectivity index (χ1) is 12.6. The molecular weight excluding hydrogens is 349 g/mol. The summed E-state index contributed by atoms with van der Waals surface area (Å²) in [5.74, 6) is -0.296. The summed E-state index contributed by atoms with van der Waals surface area (Å²) in [4.78, 5) is 17.1. The van der Waals surface area contributed by atoms with Gasteiger partial charge in [-0.1, -0.05) is 29.0 Å². The minimum Gasteiger partial charge on any atom is -0.357 e. The summed E-state index contributed by atoms with van der Waals surface area (Å²) in [7, 11) is 0. The Balaban J connectivity index is 1.46. The van der Waals surface area contributed by atoms with Crippen LogP contribution in [0.25, 0.3) is 10.2 Å². The molecule has 1 aromatic heterocycles. The van der Waals surface area contributed by atoms with Crippen molar-refractivity contribution in [2.24, 2.45) is 0 Å². The zero-order valence-electron chi connectivity index (χ0n) is 14.5. The number of hydrogen-bond acceptors (Lipinski definition) is 4. The highest BCUT2D eigenvalue weighted by molar-refractivity contribution is 7.22. The topological polar surface area (TPSA) is 54.0 Å². The average molecular weight is 369 g/mol. The highest BCUT2D eigenvalue weighted by Crippen LogP contribution is 2.30. The van der Waals surface area contributed by atoms with Crippen LogP contribution in [0.3, 0.4) is 0 Å². The summed E-state index contributed by atoms with van der Waals surface area (Å²) in [6.45, 7) is 1.98. The second-order valence-corrected chi connectivity index (χ2v) is 7.79. The molecule has 1 saturated carbocycles. The van der Waals surface area contributed by atoms with Crippen LogP contribution in [-0.2, 0) is 0 Å². The fourth-order valence-electron chi connectivity index (χ4n) is 3.46. The fraction of sp³-hybridized carbons (Fsp3) is 0.300. The van der Waals surface area contributed by atoms with Gasteiger partial charge in [0, 0.05) is 17.6 Å². The fourth-order valence-corrected chi connectivity index (χ4v) is 4.41. The van der Waals surface area contributed by atoms with Gasteiger partial charge in [-0.05, 0) is 56.5 Å². The van der Waals surface area contributed by atoms with Crippen LogP contribution in [0.15, 0.2) is 42.5 Å². The third-order valence-corrected chi connectivity index (χ3v) is 5.72. The first kappa shape index (κ1) is 17.0. The molecule has 2 N–H and O–H groups in total. The van der Waals surface area contributed by atoms with Crippen LogP contribution >= 0.6 is 11.3 Å². The van der Waals surface area contributed by atoms with Gasteiger partial charge in [-0.25, -0.2) is 9.37 Å². The molecule has 0 aliphatic heterocycles. The van der Waals surface area contributed by atoms with E-state index in [0.29, 0.717) is 5.56 Å². The highest BCUT2D eigenvalue weighted by atomic mass is 32.1. The summed E-state index contributed by atoms with van der Waals surface area (Å²) in [5.41, 5.74) is 2.55. The van der Waals surface area contributed by atoms with Crippen molar-refractivity contribution in [3.05, 3.63) is 59.4 Å². The van der Waals surface area contributed by atoms with E-state index in [9.17, 15) is 9.18 Å². The number of aryl methyl sites for hydroxylation is 1. The lowest BCUT2D eigenvalue weighted by atomic mass is 10.1. The molecule has 1 heterocycles. The molecule has 2 atom stereocenters. The SMILES string of the molecule is Cc1cccc(C(=O)N[C@H]2CCC[C@@H]2Nc2nc3ccc(F)cc3s2)c1. The van der Waals surface area contributed by atoms with Crippen molar-refractivity contribution in [3.8, 4) is 0 Å². The molecule has 0 radical (unpaired) electrons. The van der Waals surface area contributed by atoms with E-state index in [1.165, 1.54) is 23.5 Å². The normalized spacial score (nSPS) is 19.6. The van der Waals surface area contributed by atoms with Gasteiger partial charge < -0.3 is 10.6 Å². The Bertz CT molecular complexity index is 955. The van der Waals surface area contributed by atoms with Crippen LogP contribution in [0.5, 0.6) is 0 Å².